The Morgan fingerprint density at radius 1 is 1.75 bits per heavy atom. The average Bonchev–Trinajstić information content (AvgIpc) is 2.75. The molecule has 2 atom stereocenters. The lowest BCUT2D eigenvalue weighted by atomic mass is 10.3. The molecule has 4 heteroatoms. The Morgan fingerprint density at radius 2 is 2.67 bits per heavy atom. The van der Waals surface area contributed by atoms with Crippen molar-refractivity contribution in [3.05, 3.63) is 22.4 Å². The van der Waals surface area contributed by atoms with Crippen LogP contribution >= 0.6 is 11.3 Å². The first kappa shape index (κ1) is 7.91. The Balaban J connectivity index is 2.04. The van der Waals surface area contributed by atoms with Gasteiger partial charge in [-0.1, -0.05) is 6.07 Å². The topological polar surface area (TPSA) is 38.3 Å². The summed E-state index contributed by atoms with van der Waals surface area (Å²) in [5.41, 5.74) is 0. The van der Waals surface area contributed by atoms with Crippen LogP contribution in [0.5, 0.6) is 0 Å². The Labute approximate surface area is 74.4 Å². The molecular weight excluding hydrogens is 174 g/mol. The standard InChI is InChI=1S/C8H9NO2S/c10-4-6-5-11-8(9-6)7-2-1-3-12-7/h1-4,6,8-9H,5H2. The predicted octanol–water partition coefficient (Wildman–Crippen LogP) is 0.934. The van der Waals surface area contributed by atoms with Gasteiger partial charge in [-0.05, 0) is 11.4 Å². The van der Waals surface area contributed by atoms with E-state index in [2.05, 4.69) is 5.32 Å². The highest BCUT2D eigenvalue weighted by atomic mass is 32.1. The fourth-order valence-corrected chi connectivity index (χ4v) is 1.90. The maximum atomic E-state index is 10.4. The van der Waals surface area contributed by atoms with Gasteiger partial charge in [0.1, 0.15) is 12.5 Å². The van der Waals surface area contributed by atoms with Crippen LogP contribution in [0.15, 0.2) is 17.5 Å². The molecule has 1 N–H and O–H groups in total. The molecule has 1 fully saturated rings. The highest BCUT2D eigenvalue weighted by molar-refractivity contribution is 7.10. The van der Waals surface area contributed by atoms with Gasteiger partial charge in [-0.2, -0.15) is 0 Å². The molecule has 1 aliphatic heterocycles. The van der Waals surface area contributed by atoms with Gasteiger partial charge >= 0.3 is 0 Å². The Kier molecular flexibility index (Phi) is 2.21. The fraction of sp³-hybridized carbons (Fsp3) is 0.375. The van der Waals surface area contributed by atoms with Crippen LogP contribution in [0.25, 0.3) is 0 Å². The zero-order valence-electron chi connectivity index (χ0n) is 6.40. The average molecular weight is 183 g/mol. The van der Waals surface area contributed by atoms with Crippen molar-refractivity contribution in [1.29, 1.82) is 0 Å². The van der Waals surface area contributed by atoms with E-state index in [4.69, 9.17) is 4.74 Å². The molecule has 2 heterocycles. The highest BCUT2D eigenvalue weighted by Crippen LogP contribution is 2.23. The van der Waals surface area contributed by atoms with Gasteiger partial charge in [-0.3, -0.25) is 5.32 Å². The molecule has 1 aliphatic rings. The van der Waals surface area contributed by atoms with Crippen LogP contribution < -0.4 is 5.32 Å². The first-order valence-corrected chi connectivity index (χ1v) is 4.64. The van der Waals surface area contributed by atoms with E-state index in [1.165, 1.54) is 0 Å². The molecule has 64 valence electrons. The number of carbonyl (C=O) groups is 1. The number of thiophene rings is 1. The lowest BCUT2D eigenvalue weighted by Crippen LogP contribution is -2.26. The predicted molar refractivity (Wildman–Crippen MR) is 46.0 cm³/mol. The number of hydrogen-bond acceptors (Lipinski definition) is 4. The zero-order chi connectivity index (χ0) is 8.39. The van der Waals surface area contributed by atoms with Crippen molar-refractivity contribution in [2.75, 3.05) is 6.61 Å². The van der Waals surface area contributed by atoms with Crippen molar-refractivity contribution < 1.29 is 9.53 Å². The number of carbonyl (C=O) groups excluding carboxylic acids is 1. The van der Waals surface area contributed by atoms with Crippen LogP contribution in [0, 0.1) is 0 Å². The van der Waals surface area contributed by atoms with Gasteiger partial charge in [0, 0.05) is 4.88 Å². The van der Waals surface area contributed by atoms with Gasteiger partial charge in [0.2, 0.25) is 0 Å². The summed E-state index contributed by atoms with van der Waals surface area (Å²) in [7, 11) is 0. The minimum Gasteiger partial charge on any atom is -0.356 e. The molecule has 2 rings (SSSR count). The van der Waals surface area contributed by atoms with E-state index < -0.39 is 0 Å². The molecule has 0 aliphatic carbocycles. The summed E-state index contributed by atoms with van der Waals surface area (Å²) in [5.74, 6) is 0. The van der Waals surface area contributed by atoms with Crippen molar-refractivity contribution >= 4 is 17.6 Å². The molecule has 0 saturated carbocycles. The second-order valence-corrected chi connectivity index (χ2v) is 3.62. The lowest BCUT2D eigenvalue weighted by molar-refractivity contribution is -0.109. The van der Waals surface area contributed by atoms with Gasteiger partial charge in [-0.25, -0.2) is 0 Å². The summed E-state index contributed by atoms with van der Waals surface area (Å²) in [4.78, 5) is 11.5. The molecule has 0 amide bonds. The highest BCUT2D eigenvalue weighted by Gasteiger charge is 2.25. The summed E-state index contributed by atoms with van der Waals surface area (Å²) in [6, 6.07) is 3.83. The summed E-state index contributed by atoms with van der Waals surface area (Å²) in [5, 5.41) is 5.06. The first-order valence-electron chi connectivity index (χ1n) is 3.76. The number of nitrogens with one attached hydrogen (secondary N) is 1. The van der Waals surface area contributed by atoms with Crippen molar-refractivity contribution in [3.8, 4) is 0 Å². The Bertz CT molecular complexity index is 260. The monoisotopic (exact) mass is 183 g/mol. The smallest absolute Gasteiger partial charge is 0.144 e. The number of rotatable bonds is 2. The minimum atomic E-state index is -0.142. The summed E-state index contributed by atoms with van der Waals surface area (Å²) in [6.45, 7) is 0.478. The molecule has 0 spiro atoms. The van der Waals surface area contributed by atoms with E-state index in [-0.39, 0.29) is 12.3 Å². The molecule has 1 saturated heterocycles. The number of hydrogen-bond donors (Lipinski definition) is 1. The van der Waals surface area contributed by atoms with Crippen LogP contribution in [0.4, 0.5) is 0 Å². The van der Waals surface area contributed by atoms with Crippen molar-refractivity contribution in [1.82, 2.24) is 5.32 Å². The second-order valence-electron chi connectivity index (χ2n) is 2.64. The molecule has 3 nitrogen and oxygen atoms in total. The van der Waals surface area contributed by atoms with E-state index in [0.29, 0.717) is 6.61 Å². The molecule has 2 unspecified atom stereocenters. The summed E-state index contributed by atoms with van der Waals surface area (Å²) < 4.78 is 5.37. The van der Waals surface area contributed by atoms with Gasteiger partial charge < -0.3 is 9.53 Å². The summed E-state index contributed by atoms with van der Waals surface area (Å²) >= 11 is 1.63. The molecule has 12 heavy (non-hydrogen) atoms. The van der Waals surface area contributed by atoms with Crippen molar-refractivity contribution in [3.63, 3.8) is 0 Å². The van der Waals surface area contributed by atoms with Crippen LogP contribution in [0.2, 0.25) is 0 Å². The van der Waals surface area contributed by atoms with Gasteiger partial charge in [0.15, 0.2) is 0 Å². The van der Waals surface area contributed by atoms with Gasteiger partial charge in [0.25, 0.3) is 0 Å². The number of aldehydes is 1. The molecule has 0 aromatic carbocycles. The number of ether oxygens (including phenoxy) is 1. The fourth-order valence-electron chi connectivity index (χ4n) is 1.17. The largest absolute Gasteiger partial charge is 0.356 e. The van der Waals surface area contributed by atoms with Crippen molar-refractivity contribution in [2.24, 2.45) is 0 Å². The van der Waals surface area contributed by atoms with E-state index in [1.807, 2.05) is 17.5 Å². The van der Waals surface area contributed by atoms with E-state index in [1.54, 1.807) is 11.3 Å². The normalized spacial score (nSPS) is 29.0. The van der Waals surface area contributed by atoms with Crippen LogP contribution in [0.1, 0.15) is 11.1 Å². The Morgan fingerprint density at radius 3 is 3.25 bits per heavy atom. The minimum absolute atomic E-state index is 0.0831. The third kappa shape index (κ3) is 1.41. The van der Waals surface area contributed by atoms with E-state index in [0.717, 1.165) is 11.2 Å². The first-order chi connectivity index (χ1) is 5.90. The lowest BCUT2D eigenvalue weighted by Gasteiger charge is -2.06. The van der Waals surface area contributed by atoms with Crippen LogP contribution in [0.3, 0.4) is 0 Å². The molecule has 0 bridgehead atoms. The maximum Gasteiger partial charge on any atom is 0.144 e. The molecule has 1 aromatic rings. The molecular formula is C8H9NO2S. The third-order valence-electron chi connectivity index (χ3n) is 1.77. The van der Waals surface area contributed by atoms with E-state index >= 15 is 0 Å². The van der Waals surface area contributed by atoms with Gasteiger partial charge in [0.05, 0.1) is 12.6 Å². The van der Waals surface area contributed by atoms with E-state index in [9.17, 15) is 4.79 Å². The molecule has 1 aromatic heterocycles. The SMILES string of the molecule is O=CC1COC(c2cccs2)N1. The third-order valence-corrected chi connectivity index (χ3v) is 2.69. The summed E-state index contributed by atoms with van der Waals surface area (Å²) in [6.07, 6.45) is 0.799. The second kappa shape index (κ2) is 3.35. The quantitative estimate of drug-likeness (QED) is 0.693. The zero-order valence-corrected chi connectivity index (χ0v) is 7.21. The Hall–Kier alpha value is -0.710. The van der Waals surface area contributed by atoms with Crippen LogP contribution in [-0.2, 0) is 9.53 Å². The van der Waals surface area contributed by atoms with Crippen molar-refractivity contribution in [2.45, 2.75) is 12.3 Å². The van der Waals surface area contributed by atoms with Crippen LogP contribution in [-0.4, -0.2) is 18.9 Å². The molecule has 0 radical (unpaired) electrons. The maximum absolute atomic E-state index is 10.4. The van der Waals surface area contributed by atoms with Gasteiger partial charge in [-0.15, -0.1) is 11.3 Å².